The fourth-order valence-corrected chi connectivity index (χ4v) is 3.86. The van der Waals surface area contributed by atoms with Crippen molar-refractivity contribution in [3.8, 4) is 10.6 Å². The molecule has 6 heteroatoms. The van der Waals surface area contributed by atoms with E-state index in [2.05, 4.69) is 10.3 Å². The number of rotatable bonds is 3. The van der Waals surface area contributed by atoms with E-state index in [0.717, 1.165) is 54.0 Å². The molecular weight excluding hydrogens is 354 g/mol. The van der Waals surface area contributed by atoms with Gasteiger partial charge in [0.2, 0.25) is 5.91 Å². The van der Waals surface area contributed by atoms with E-state index in [1.165, 1.54) is 0 Å². The molecule has 0 radical (unpaired) electrons. The lowest BCUT2D eigenvalue weighted by Crippen LogP contribution is -2.51. The minimum atomic E-state index is -0.301. The normalized spacial score (nSPS) is 16.2. The van der Waals surface area contributed by atoms with E-state index in [1.807, 2.05) is 49.9 Å². The molecule has 1 aliphatic rings. The van der Waals surface area contributed by atoms with Crippen molar-refractivity contribution in [1.29, 1.82) is 0 Å². The number of carbonyl (C=O) groups is 1. The highest BCUT2D eigenvalue weighted by atomic mass is 35.5. The Balaban J connectivity index is 1.56. The molecule has 0 saturated carbocycles. The van der Waals surface area contributed by atoms with Crippen molar-refractivity contribution in [3.63, 3.8) is 0 Å². The average molecular weight is 378 g/mol. The fourth-order valence-electron chi connectivity index (χ4n) is 2.92. The lowest BCUT2D eigenvalue weighted by Gasteiger charge is -2.37. The maximum atomic E-state index is 12.4. The number of halogens is 1. The van der Waals surface area contributed by atoms with Crippen molar-refractivity contribution in [1.82, 2.24) is 14.8 Å². The first kappa shape index (κ1) is 18.4. The molecule has 2 aromatic rings. The summed E-state index contributed by atoms with van der Waals surface area (Å²) in [6, 6.07) is 7.79. The standard InChI is InChI=1S/C19H24ClN3OS/c1-19(2,3)18(24)23-10-8-22(9-11-23)12-16-13-25-17(21-16)14-4-6-15(20)7-5-14/h4-7,13H,8-12H2,1-3H3. The highest BCUT2D eigenvalue weighted by molar-refractivity contribution is 7.13. The third-order valence-corrected chi connectivity index (χ3v) is 5.52. The van der Waals surface area contributed by atoms with Gasteiger partial charge in [0.1, 0.15) is 5.01 Å². The number of benzene rings is 1. The maximum absolute atomic E-state index is 12.4. The van der Waals surface area contributed by atoms with Crippen LogP contribution in [-0.2, 0) is 11.3 Å². The van der Waals surface area contributed by atoms with E-state index >= 15 is 0 Å². The number of hydrogen-bond donors (Lipinski definition) is 0. The van der Waals surface area contributed by atoms with E-state index in [0.29, 0.717) is 0 Å². The molecule has 1 amide bonds. The quantitative estimate of drug-likeness (QED) is 0.806. The van der Waals surface area contributed by atoms with Crippen molar-refractivity contribution in [2.75, 3.05) is 26.2 Å². The number of hydrogen-bond acceptors (Lipinski definition) is 4. The van der Waals surface area contributed by atoms with Gasteiger partial charge in [-0.25, -0.2) is 4.98 Å². The van der Waals surface area contributed by atoms with Crippen LogP contribution >= 0.6 is 22.9 Å². The molecule has 0 spiro atoms. The maximum Gasteiger partial charge on any atom is 0.228 e. The van der Waals surface area contributed by atoms with E-state index in [9.17, 15) is 4.79 Å². The number of piperazine rings is 1. The summed E-state index contributed by atoms with van der Waals surface area (Å²) >= 11 is 7.60. The summed E-state index contributed by atoms with van der Waals surface area (Å²) in [5.74, 6) is 0.242. The van der Waals surface area contributed by atoms with Crippen LogP contribution < -0.4 is 0 Å². The van der Waals surface area contributed by atoms with Gasteiger partial charge in [-0.2, -0.15) is 0 Å². The zero-order valence-electron chi connectivity index (χ0n) is 15.0. The molecule has 4 nitrogen and oxygen atoms in total. The smallest absolute Gasteiger partial charge is 0.228 e. The number of amides is 1. The molecule has 134 valence electrons. The third kappa shape index (κ3) is 4.60. The highest BCUT2D eigenvalue weighted by Crippen LogP contribution is 2.26. The summed E-state index contributed by atoms with van der Waals surface area (Å²) in [5, 5.41) is 3.88. The summed E-state index contributed by atoms with van der Waals surface area (Å²) < 4.78 is 0. The molecule has 0 bridgehead atoms. The van der Waals surface area contributed by atoms with Crippen molar-refractivity contribution in [2.45, 2.75) is 27.3 Å². The van der Waals surface area contributed by atoms with Crippen LogP contribution in [0.2, 0.25) is 5.02 Å². The first-order valence-electron chi connectivity index (χ1n) is 8.55. The first-order valence-corrected chi connectivity index (χ1v) is 9.81. The summed E-state index contributed by atoms with van der Waals surface area (Å²) in [6.07, 6.45) is 0. The molecule has 0 N–H and O–H groups in total. The van der Waals surface area contributed by atoms with Crippen LogP contribution in [0.4, 0.5) is 0 Å². The number of aromatic nitrogens is 1. The summed E-state index contributed by atoms with van der Waals surface area (Å²) in [7, 11) is 0. The van der Waals surface area contributed by atoms with Crippen LogP contribution in [0, 0.1) is 5.41 Å². The van der Waals surface area contributed by atoms with Gasteiger partial charge < -0.3 is 4.90 Å². The van der Waals surface area contributed by atoms with Gasteiger partial charge in [-0.1, -0.05) is 44.5 Å². The monoisotopic (exact) mass is 377 g/mol. The van der Waals surface area contributed by atoms with E-state index in [-0.39, 0.29) is 11.3 Å². The van der Waals surface area contributed by atoms with E-state index < -0.39 is 0 Å². The topological polar surface area (TPSA) is 36.4 Å². The molecule has 2 heterocycles. The molecule has 1 aliphatic heterocycles. The molecule has 1 saturated heterocycles. The van der Waals surface area contributed by atoms with Crippen LogP contribution in [0.3, 0.4) is 0 Å². The Hall–Kier alpha value is -1.43. The van der Waals surface area contributed by atoms with Gasteiger partial charge in [-0.3, -0.25) is 9.69 Å². The van der Waals surface area contributed by atoms with Crippen LogP contribution in [0.15, 0.2) is 29.6 Å². The molecule has 3 rings (SSSR count). The van der Waals surface area contributed by atoms with Crippen molar-refractivity contribution in [2.24, 2.45) is 5.41 Å². The van der Waals surface area contributed by atoms with E-state index in [1.54, 1.807) is 11.3 Å². The molecular formula is C19H24ClN3OS. The SMILES string of the molecule is CC(C)(C)C(=O)N1CCN(Cc2csc(-c3ccc(Cl)cc3)n2)CC1. The Morgan fingerprint density at radius 1 is 1.16 bits per heavy atom. The Labute approximate surface area is 158 Å². The molecule has 0 unspecified atom stereocenters. The zero-order valence-corrected chi connectivity index (χ0v) is 16.5. The molecule has 0 atom stereocenters. The fraction of sp³-hybridized carbons (Fsp3) is 0.474. The predicted octanol–water partition coefficient (Wildman–Crippen LogP) is 4.15. The Morgan fingerprint density at radius 3 is 2.40 bits per heavy atom. The Morgan fingerprint density at radius 2 is 1.80 bits per heavy atom. The van der Waals surface area contributed by atoms with Gasteiger partial charge in [0.05, 0.1) is 5.69 Å². The molecule has 25 heavy (non-hydrogen) atoms. The van der Waals surface area contributed by atoms with Crippen molar-refractivity contribution in [3.05, 3.63) is 40.4 Å². The van der Waals surface area contributed by atoms with Crippen molar-refractivity contribution < 1.29 is 4.79 Å². The lowest BCUT2D eigenvalue weighted by molar-refractivity contribution is -0.141. The van der Waals surface area contributed by atoms with Crippen LogP contribution in [0.25, 0.3) is 10.6 Å². The molecule has 1 fully saturated rings. The van der Waals surface area contributed by atoms with Gasteiger partial charge in [0.15, 0.2) is 0 Å². The Kier molecular flexibility index (Phi) is 5.46. The minimum Gasteiger partial charge on any atom is -0.340 e. The number of nitrogens with zero attached hydrogens (tertiary/aromatic N) is 3. The van der Waals surface area contributed by atoms with Gasteiger partial charge in [-0.05, 0) is 12.1 Å². The van der Waals surface area contributed by atoms with Crippen molar-refractivity contribution >= 4 is 28.8 Å². The number of carbonyl (C=O) groups excluding carboxylic acids is 1. The van der Waals surface area contributed by atoms with Crippen LogP contribution in [0.5, 0.6) is 0 Å². The van der Waals surface area contributed by atoms with Gasteiger partial charge in [0, 0.05) is 54.1 Å². The summed E-state index contributed by atoms with van der Waals surface area (Å²) in [4.78, 5) is 21.5. The third-order valence-electron chi connectivity index (χ3n) is 4.33. The van der Waals surface area contributed by atoms with Gasteiger partial charge in [-0.15, -0.1) is 11.3 Å². The average Bonchev–Trinajstić information content (AvgIpc) is 3.03. The van der Waals surface area contributed by atoms with Gasteiger partial charge >= 0.3 is 0 Å². The van der Waals surface area contributed by atoms with E-state index in [4.69, 9.17) is 16.6 Å². The summed E-state index contributed by atoms with van der Waals surface area (Å²) in [5.41, 5.74) is 1.89. The largest absolute Gasteiger partial charge is 0.340 e. The Bertz CT molecular complexity index is 728. The predicted molar refractivity (Wildman–Crippen MR) is 104 cm³/mol. The van der Waals surface area contributed by atoms with Crippen LogP contribution in [-0.4, -0.2) is 46.9 Å². The zero-order chi connectivity index (χ0) is 18.0. The van der Waals surface area contributed by atoms with Gasteiger partial charge in [0.25, 0.3) is 0 Å². The summed E-state index contributed by atoms with van der Waals surface area (Å²) in [6.45, 7) is 10.2. The second-order valence-corrected chi connectivity index (χ2v) is 8.76. The second kappa shape index (κ2) is 7.44. The first-order chi connectivity index (χ1) is 11.8. The molecule has 1 aromatic carbocycles. The highest BCUT2D eigenvalue weighted by Gasteiger charge is 2.29. The number of thiazole rings is 1. The molecule has 1 aromatic heterocycles. The molecule has 0 aliphatic carbocycles. The van der Waals surface area contributed by atoms with Crippen LogP contribution in [0.1, 0.15) is 26.5 Å². The lowest BCUT2D eigenvalue weighted by atomic mass is 9.94. The minimum absolute atomic E-state index is 0.242. The second-order valence-electron chi connectivity index (χ2n) is 7.47.